The van der Waals surface area contributed by atoms with Crippen molar-refractivity contribution in [3.8, 4) is 11.5 Å². The first-order valence-electron chi connectivity index (χ1n) is 5.81. The monoisotopic (exact) mass is 271 g/mol. The van der Waals surface area contributed by atoms with Crippen LogP contribution in [0.2, 0.25) is 0 Å². The molecule has 0 heterocycles. The van der Waals surface area contributed by atoms with Crippen LogP contribution in [0.1, 0.15) is 12.5 Å². The summed E-state index contributed by atoms with van der Waals surface area (Å²) < 4.78 is 21.6. The molecule has 0 amide bonds. The Labute approximate surface area is 111 Å². The summed E-state index contributed by atoms with van der Waals surface area (Å²) >= 11 is 0. The topological polar surface area (TPSA) is 47.6 Å². The van der Waals surface area contributed by atoms with Crippen LogP contribution in [-0.4, -0.2) is 36.5 Å². The van der Waals surface area contributed by atoms with Crippen molar-refractivity contribution >= 4 is 10.8 Å². The Morgan fingerprint density at radius 3 is 2.61 bits per heavy atom. The van der Waals surface area contributed by atoms with E-state index in [1.807, 2.05) is 25.1 Å². The fourth-order valence-corrected chi connectivity index (χ4v) is 2.54. The third-order valence-corrected chi connectivity index (χ3v) is 3.58. The Morgan fingerprint density at radius 2 is 2.06 bits per heavy atom. The summed E-state index contributed by atoms with van der Waals surface area (Å²) in [6.07, 6.45) is 1.71. The van der Waals surface area contributed by atoms with Gasteiger partial charge in [0.25, 0.3) is 0 Å². The van der Waals surface area contributed by atoms with Gasteiger partial charge in [0, 0.05) is 41.0 Å². The molecule has 4 nitrogen and oxygen atoms in total. The van der Waals surface area contributed by atoms with Gasteiger partial charge in [-0.05, 0) is 25.1 Å². The van der Waals surface area contributed by atoms with Crippen molar-refractivity contribution in [1.29, 1.82) is 0 Å². The standard InChI is InChI=1S/C13H21NO3S/c1-10(9-18(4)15)14-8-11-7-12(16-2)5-6-13(11)17-3/h5-7,10,14H,8-9H2,1-4H3. The SMILES string of the molecule is COc1ccc(OC)c(CNC(C)CS(C)=O)c1. The van der Waals surface area contributed by atoms with E-state index in [9.17, 15) is 4.21 Å². The minimum atomic E-state index is -0.785. The summed E-state index contributed by atoms with van der Waals surface area (Å²) in [4.78, 5) is 0. The second-order valence-electron chi connectivity index (χ2n) is 4.20. The van der Waals surface area contributed by atoms with Gasteiger partial charge < -0.3 is 14.8 Å². The Balaban J connectivity index is 2.67. The second kappa shape index (κ2) is 7.38. The van der Waals surface area contributed by atoms with Crippen molar-refractivity contribution in [2.24, 2.45) is 0 Å². The molecule has 2 atom stereocenters. The lowest BCUT2D eigenvalue weighted by molar-refractivity contribution is 0.396. The highest BCUT2D eigenvalue weighted by molar-refractivity contribution is 7.84. The largest absolute Gasteiger partial charge is 0.497 e. The molecule has 0 aliphatic carbocycles. The normalized spacial score (nSPS) is 14.0. The molecular formula is C13H21NO3S. The lowest BCUT2D eigenvalue weighted by atomic mass is 10.2. The van der Waals surface area contributed by atoms with Gasteiger partial charge in [0.05, 0.1) is 14.2 Å². The maximum absolute atomic E-state index is 11.1. The van der Waals surface area contributed by atoms with Crippen LogP contribution in [0, 0.1) is 0 Å². The number of rotatable bonds is 7. The van der Waals surface area contributed by atoms with Crippen LogP contribution in [0.3, 0.4) is 0 Å². The van der Waals surface area contributed by atoms with E-state index in [0.29, 0.717) is 12.3 Å². The van der Waals surface area contributed by atoms with Gasteiger partial charge in [-0.3, -0.25) is 4.21 Å². The number of benzene rings is 1. The summed E-state index contributed by atoms with van der Waals surface area (Å²) in [5.41, 5.74) is 1.03. The lowest BCUT2D eigenvalue weighted by Crippen LogP contribution is -2.30. The molecule has 0 aromatic heterocycles. The predicted octanol–water partition coefficient (Wildman–Crippen LogP) is 1.56. The third kappa shape index (κ3) is 4.66. The quantitative estimate of drug-likeness (QED) is 0.817. The van der Waals surface area contributed by atoms with Gasteiger partial charge in [-0.1, -0.05) is 0 Å². The summed E-state index contributed by atoms with van der Waals surface area (Å²) in [6, 6.07) is 5.90. The Morgan fingerprint density at radius 1 is 1.33 bits per heavy atom. The van der Waals surface area contributed by atoms with E-state index in [1.165, 1.54) is 0 Å². The molecule has 0 saturated heterocycles. The van der Waals surface area contributed by atoms with E-state index in [2.05, 4.69) is 5.32 Å². The number of methoxy groups -OCH3 is 2. The number of ether oxygens (including phenoxy) is 2. The molecule has 0 spiro atoms. The molecule has 5 heteroatoms. The summed E-state index contributed by atoms with van der Waals surface area (Å²) in [5, 5.41) is 3.33. The highest BCUT2D eigenvalue weighted by Crippen LogP contribution is 2.23. The zero-order valence-electron chi connectivity index (χ0n) is 11.4. The summed E-state index contributed by atoms with van der Waals surface area (Å²) in [6.45, 7) is 2.69. The summed E-state index contributed by atoms with van der Waals surface area (Å²) in [7, 11) is 2.50. The van der Waals surface area contributed by atoms with Gasteiger partial charge in [-0.25, -0.2) is 0 Å². The van der Waals surface area contributed by atoms with E-state index in [0.717, 1.165) is 17.1 Å². The first-order chi connectivity index (χ1) is 8.56. The molecular weight excluding hydrogens is 250 g/mol. The van der Waals surface area contributed by atoms with Gasteiger partial charge >= 0.3 is 0 Å². The van der Waals surface area contributed by atoms with Crippen LogP contribution in [-0.2, 0) is 17.3 Å². The third-order valence-electron chi connectivity index (χ3n) is 2.61. The average Bonchev–Trinajstić information content (AvgIpc) is 2.35. The summed E-state index contributed by atoms with van der Waals surface area (Å²) in [5.74, 6) is 2.28. The molecule has 1 N–H and O–H groups in total. The first-order valence-corrected chi connectivity index (χ1v) is 7.53. The van der Waals surface area contributed by atoms with Crippen molar-refractivity contribution in [1.82, 2.24) is 5.32 Å². The van der Waals surface area contributed by atoms with Crippen LogP contribution >= 0.6 is 0 Å². The van der Waals surface area contributed by atoms with Crippen molar-refractivity contribution < 1.29 is 13.7 Å². The number of nitrogens with one attached hydrogen (secondary N) is 1. The maximum Gasteiger partial charge on any atom is 0.123 e. The Hall–Kier alpha value is -1.07. The number of hydrogen-bond acceptors (Lipinski definition) is 4. The van der Waals surface area contributed by atoms with Crippen molar-refractivity contribution in [3.63, 3.8) is 0 Å². The van der Waals surface area contributed by atoms with Crippen molar-refractivity contribution in [2.45, 2.75) is 19.5 Å². The molecule has 0 aliphatic heterocycles. The van der Waals surface area contributed by atoms with Crippen LogP contribution in [0.25, 0.3) is 0 Å². The maximum atomic E-state index is 11.1. The molecule has 0 saturated carbocycles. The van der Waals surface area contributed by atoms with Gasteiger partial charge in [-0.15, -0.1) is 0 Å². The Bertz CT molecular complexity index is 409. The van der Waals surface area contributed by atoms with Gasteiger partial charge in [0.2, 0.25) is 0 Å². The highest BCUT2D eigenvalue weighted by atomic mass is 32.2. The second-order valence-corrected chi connectivity index (χ2v) is 5.68. The van der Waals surface area contributed by atoms with Crippen molar-refractivity contribution in [2.75, 3.05) is 26.2 Å². The average molecular weight is 271 g/mol. The molecule has 0 radical (unpaired) electrons. The minimum absolute atomic E-state index is 0.201. The molecule has 1 aromatic carbocycles. The zero-order valence-corrected chi connectivity index (χ0v) is 12.2. The molecule has 102 valence electrons. The molecule has 2 unspecified atom stereocenters. The smallest absolute Gasteiger partial charge is 0.123 e. The predicted molar refractivity (Wildman–Crippen MR) is 74.8 cm³/mol. The van der Waals surface area contributed by atoms with E-state index in [4.69, 9.17) is 9.47 Å². The van der Waals surface area contributed by atoms with E-state index in [1.54, 1.807) is 20.5 Å². The molecule has 1 rings (SSSR count). The van der Waals surface area contributed by atoms with Gasteiger partial charge in [0.15, 0.2) is 0 Å². The van der Waals surface area contributed by atoms with Crippen LogP contribution in [0.5, 0.6) is 11.5 Å². The molecule has 18 heavy (non-hydrogen) atoms. The van der Waals surface area contributed by atoms with Crippen molar-refractivity contribution in [3.05, 3.63) is 23.8 Å². The van der Waals surface area contributed by atoms with Gasteiger partial charge in [-0.2, -0.15) is 0 Å². The zero-order chi connectivity index (χ0) is 13.5. The fraction of sp³-hybridized carbons (Fsp3) is 0.538. The van der Waals surface area contributed by atoms with E-state index >= 15 is 0 Å². The lowest BCUT2D eigenvalue weighted by Gasteiger charge is -2.15. The fourth-order valence-electron chi connectivity index (χ4n) is 1.72. The van der Waals surface area contributed by atoms with E-state index < -0.39 is 10.8 Å². The van der Waals surface area contributed by atoms with Crippen LogP contribution in [0.15, 0.2) is 18.2 Å². The van der Waals surface area contributed by atoms with Crippen LogP contribution in [0.4, 0.5) is 0 Å². The molecule has 0 fully saturated rings. The van der Waals surface area contributed by atoms with E-state index in [-0.39, 0.29) is 6.04 Å². The number of hydrogen-bond donors (Lipinski definition) is 1. The van der Waals surface area contributed by atoms with Gasteiger partial charge in [0.1, 0.15) is 11.5 Å². The molecule has 0 bridgehead atoms. The van der Waals surface area contributed by atoms with Crippen LogP contribution < -0.4 is 14.8 Å². The Kier molecular flexibility index (Phi) is 6.15. The molecule has 0 aliphatic rings. The first kappa shape index (κ1) is 15.0. The highest BCUT2D eigenvalue weighted by Gasteiger charge is 2.08. The minimum Gasteiger partial charge on any atom is -0.497 e. The molecule has 1 aromatic rings.